The summed E-state index contributed by atoms with van der Waals surface area (Å²) in [6.45, 7) is -0.0526. The minimum atomic E-state index is -4.48. The quantitative estimate of drug-likeness (QED) is 0.586. The molecule has 1 amide bonds. The Morgan fingerprint density at radius 2 is 1.68 bits per heavy atom. The molecule has 0 fully saturated rings. The molecule has 0 saturated carbocycles. The Kier molecular flexibility index (Phi) is 5.73. The van der Waals surface area contributed by atoms with Crippen molar-refractivity contribution >= 4 is 5.91 Å². The molecule has 0 aliphatic rings. The van der Waals surface area contributed by atoms with Crippen molar-refractivity contribution in [3.8, 4) is 5.75 Å². The molecule has 4 nitrogen and oxygen atoms in total. The number of carbonyl (C=O) groups excluding carboxylic acids is 1. The Morgan fingerprint density at radius 3 is 2.39 bits per heavy atom. The van der Waals surface area contributed by atoms with Gasteiger partial charge in [-0.05, 0) is 35.9 Å². The van der Waals surface area contributed by atoms with Crippen molar-refractivity contribution < 1.29 is 27.1 Å². The Hall–Kier alpha value is -3.22. The number of halogens is 3. The average molecular weight is 389 g/mol. The van der Waals surface area contributed by atoms with Crippen LogP contribution in [0, 0.1) is 0 Å². The Labute approximate surface area is 160 Å². The molecular weight excluding hydrogens is 371 g/mol. The van der Waals surface area contributed by atoms with Crippen LogP contribution in [-0.2, 0) is 19.3 Å². The van der Waals surface area contributed by atoms with Crippen LogP contribution >= 0.6 is 0 Å². The third-order valence-corrected chi connectivity index (χ3v) is 4.07. The Bertz CT molecular complexity index is 935. The van der Waals surface area contributed by atoms with Gasteiger partial charge in [-0.25, -0.2) is 0 Å². The summed E-state index contributed by atoms with van der Waals surface area (Å²) in [6.07, 6.45) is -4.48. The molecule has 0 saturated heterocycles. The summed E-state index contributed by atoms with van der Waals surface area (Å²) in [5.41, 5.74) is -0.740. The maximum Gasteiger partial charge on any atom is 0.416 e. The molecule has 3 rings (SSSR count). The fourth-order valence-corrected chi connectivity index (χ4v) is 2.69. The molecule has 28 heavy (non-hydrogen) atoms. The van der Waals surface area contributed by atoms with E-state index in [1.54, 1.807) is 18.2 Å². The highest BCUT2D eigenvalue weighted by atomic mass is 19.4. The van der Waals surface area contributed by atoms with E-state index in [1.165, 1.54) is 36.2 Å². The first-order chi connectivity index (χ1) is 13.3. The van der Waals surface area contributed by atoms with Gasteiger partial charge in [0.05, 0.1) is 5.56 Å². The Balaban J connectivity index is 1.65. The van der Waals surface area contributed by atoms with Crippen molar-refractivity contribution in [3.63, 3.8) is 0 Å². The van der Waals surface area contributed by atoms with Crippen molar-refractivity contribution in [3.05, 3.63) is 89.4 Å². The lowest BCUT2D eigenvalue weighted by Crippen LogP contribution is -2.27. The van der Waals surface area contributed by atoms with E-state index < -0.39 is 17.6 Å². The Morgan fingerprint density at radius 1 is 1.00 bits per heavy atom. The monoisotopic (exact) mass is 389 g/mol. The maximum atomic E-state index is 13.1. The molecule has 0 N–H and O–H groups in total. The fraction of sp³-hybridized carbons (Fsp3) is 0.190. The van der Waals surface area contributed by atoms with E-state index in [2.05, 4.69) is 0 Å². The fourth-order valence-electron chi connectivity index (χ4n) is 2.69. The van der Waals surface area contributed by atoms with Crippen LogP contribution in [0.15, 0.2) is 71.1 Å². The van der Waals surface area contributed by atoms with Crippen LogP contribution in [0.1, 0.15) is 27.4 Å². The van der Waals surface area contributed by atoms with Crippen molar-refractivity contribution in [1.82, 2.24) is 4.90 Å². The van der Waals surface area contributed by atoms with Crippen LogP contribution in [0.2, 0.25) is 0 Å². The topological polar surface area (TPSA) is 42.7 Å². The van der Waals surface area contributed by atoms with Gasteiger partial charge in [-0.2, -0.15) is 13.2 Å². The van der Waals surface area contributed by atoms with E-state index >= 15 is 0 Å². The molecule has 1 aromatic heterocycles. The summed E-state index contributed by atoms with van der Waals surface area (Å²) in [5.74, 6) is 0.630. The van der Waals surface area contributed by atoms with Gasteiger partial charge in [-0.1, -0.05) is 36.4 Å². The van der Waals surface area contributed by atoms with E-state index in [0.717, 1.165) is 6.07 Å². The molecule has 0 spiro atoms. The number of nitrogens with zero attached hydrogens (tertiary/aromatic N) is 1. The maximum absolute atomic E-state index is 13.1. The van der Waals surface area contributed by atoms with Gasteiger partial charge in [-0.15, -0.1) is 0 Å². The average Bonchev–Trinajstić information content (AvgIpc) is 3.15. The van der Waals surface area contributed by atoms with Crippen molar-refractivity contribution in [1.29, 1.82) is 0 Å². The first-order valence-corrected chi connectivity index (χ1v) is 8.51. The largest absolute Gasteiger partial charge is 0.486 e. The molecule has 7 heteroatoms. The summed E-state index contributed by atoms with van der Waals surface area (Å²) in [6, 6.07) is 17.4. The number of ether oxygens (including phenoxy) is 1. The summed E-state index contributed by atoms with van der Waals surface area (Å²) in [4.78, 5) is 13.7. The second kappa shape index (κ2) is 8.21. The molecule has 0 bridgehead atoms. The molecule has 0 radical (unpaired) electrons. The van der Waals surface area contributed by atoms with E-state index in [-0.39, 0.29) is 24.5 Å². The van der Waals surface area contributed by atoms with E-state index in [9.17, 15) is 18.0 Å². The number of furan rings is 1. The normalized spacial score (nSPS) is 11.3. The highest BCUT2D eigenvalue weighted by Crippen LogP contribution is 2.32. The van der Waals surface area contributed by atoms with Crippen molar-refractivity contribution in [2.24, 2.45) is 0 Å². The van der Waals surface area contributed by atoms with Gasteiger partial charge in [0.25, 0.3) is 5.91 Å². The zero-order valence-corrected chi connectivity index (χ0v) is 15.1. The van der Waals surface area contributed by atoms with Crippen LogP contribution < -0.4 is 4.74 Å². The molecule has 1 heterocycles. The molecular formula is C21H18F3NO3. The third kappa shape index (κ3) is 4.73. The number of benzene rings is 2. The van der Waals surface area contributed by atoms with Crippen LogP contribution in [0.5, 0.6) is 5.75 Å². The van der Waals surface area contributed by atoms with Crippen LogP contribution in [-0.4, -0.2) is 17.9 Å². The zero-order chi connectivity index (χ0) is 20.1. The molecule has 0 unspecified atom stereocenters. The number of rotatable bonds is 6. The zero-order valence-electron chi connectivity index (χ0n) is 15.1. The van der Waals surface area contributed by atoms with Gasteiger partial charge in [0.15, 0.2) is 5.76 Å². The van der Waals surface area contributed by atoms with Gasteiger partial charge in [-0.3, -0.25) is 4.79 Å². The van der Waals surface area contributed by atoms with Gasteiger partial charge in [0, 0.05) is 13.6 Å². The SMILES string of the molecule is CN(Cc1ccccc1C(F)(F)F)C(=O)c1ccc(COc2ccccc2)o1. The van der Waals surface area contributed by atoms with Crippen molar-refractivity contribution in [2.45, 2.75) is 19.3 Å². The minimum Gasteiger partial charge on any atom is -0.486 e. The highest BCUT2D eigenvalue weighted by Gasteiger charge is 2.33. The molecule has 2 aromatic carbocycles. The van der Waals surface area contributed by atoms with Gasteiger partial charge < -0.3 is 14.1 Å². The van der Waals surface area contributed by atoms with E-state index in [1.807, 2.05) is 18.2 Å². The van der Waals surface area contributed by atoms with Crippen LogP contribution in [0.4, 0.5) is 13.2 Å². The predicted octanol–water partition coefficient (Wildman–Crippen LogP) is 5.15. The lowest BCUT2D eigenvalue weighted by molar-refractivity contribution is -0.138. The number of alkyl halides is 3. The lowest BCUT2D eigenvalue weighted by Gasteiger charge is -2.19. The third-order valence-electron chi connectivity index (χ3n) is 4.07. The standard InChI is InChI=1S/C21H18F3NO3/c1-25(13-15-7-5-6-10-18(15)21(22,23)24)20(26)19-12-11-17(28-19)14-27-16-8-3-2-4-9-16/h2-12H,13-14H2,1H3. The smallest absolute Gasteiger partial charge is 0.416 e. The first kappa shape index (κ1) is 19.5. The molecule has 0 aliphatic heterocycles. The molecule has 146 valence electrons. The second-order valence-electron chi connectivity index (χ2n) is 6.18. The predicted molar refractivity (Wildman–Crippen MR) is 96.7 cm³/mol. The molecule has 0 aliphatic carbocycles. The second-order valence-corrected chi connectivity index (χ2v) is 6.18. The first-order valence-electron chi connectivity index (χ1n) is 8.51. The summed E-state index contributed by atoms with van der Waals surface area (Å²) in [7, 11) is 1.43. The minimum absolute atomic E-state index is 0.0186. The number of para-hydroxylation sites is 1. The van der Waals surface area contributed by atoms with Crippen LogP contribution in [0.3, 0.4) is 0 Å². The van der Waals surface area contributed by atoms with E-state index in [4.69, 9.17) is 9.15 Å². The lowest BCUT2D eigenvalue weighted by atomic mass is 10.1. The number of hydrogen-bond donors (Lipinski definition) is 0. The van der Waals surface area contributed by atoms with Crippen molar-refractivity contribution in [2.75, 3.05) is 7.05 Å². The van der Waals surface area contributed by atoms with E-state index in [0.29, 0.717) is 11.5 Å². The molecule has 3 aromatic rings. The number of carbonyl (C=O) groups is 1. The van der Waals surface area contributed by atoms with Gasteiger partial charge >= 0.3 is 6.18 Å². The number of hydrogen-bond acceptors (Lipinski definition) is 3. The highest BCUT2D eigenvalue weighted by molar-refractivity contribution is 5.91. The molecule has 0 atom stereocenters. The van der Waals surface area contributed by atoms with Crippen LogP contribution in [0.25, 0.3) is 0 Å². The van der Waals surface area contributed by atoms with Gasteiger partial charge in [0.1, 0.15) is 18.1 Å². The summed E-state index contributed by atoms with van der Waals surface area (Å²) in [5, 5.41) is 0. The summed E-state index contributed by atoms with van der Waals surface area (Å²) >= 11 is 0. The number of amides is 1. The summed E-state index contributed by atoms with van der Waals surface area (Å²) < 4.78 is 50.4. The van der Waals surface area contributed by atoms with Gasteiger partial charge in [0.2, 0.25) is 0 Å².